The molecular weight excluding hydrogens is 192 g/mol. The molecule has 0 aliphatic rings. The second-order valence-electron chi connectivity index (χ2n) is 3.32. The highest BCUT2D eigenvalue weighted by molar-refractivity contribution is 5.75. The van der Waals surface area contributed by atoms with Gasteiger partial charge >= 0.3 is 0 Å². The van der Waals surface area contributed by atoms with Crippen LogP contribution >= 0.6 is 0 Å². The van der Waals surface area contributed by atoms with Gasteiger partial charge < -0.3 is 10.4 Å². The molecule has 1 amide bonds. The van der Waals surface area contributed by atoms with Crippen molar-refractivity contribution in [2.24, 2.45) is 0 Å². The number of aliphatic hydroxyl groups is 1. The van der Waals surface area contributed by atoms with Crippen LogP contribution in [0.15, 0.2) is 24.5 Å². The maximum absolute atomic E-state index is 11.3. The van der Waals surface area contributed by atoms with Gasteiger partial charge in [0.1, 0.15) is 0 Å². The molecule has 4 heteroatoms. The van der Waals surface area contributed by atoms with E-state index in [1.54, 1.807) is 12.4 Å². The number of pyridine rings is 1. The summed E-state index contributed by atoms with van der Waals surface area (Å²) in [6.07, 6.45) is 5.32. The van der Waals surface area contributed by atoms with Crippen LogP contribution in [0.1, 0.15) is 24.8 Å². The minimum Gasteiger partial charge on any atom is -0.396 e. The third-order valence-electron chi connectivity index (χ3n) is 2.02. The van der Waals surface area contributed by atoms with E-state index in [-0.39, 0.29) is 12.5 Å². The van der Waals surface area contributed by atoms with Crippen LogP contribution in [0.5, 0.6) is 0 Å². The Kier molecular flexibility index (Phi) is 5.40. The van der Waals surface area contributed by atoms with Crippen molar-refractivity contribution in [3.63, 3.8) is 0 Å². The van der Waals surface area contributed by atoms with Crippen LogP contribution < -0.4 is 5.32 Å². The number of nitrogens with zero attached hydrogens (tertiary/aromatic N) is 1. The summed E-state index contributed by atoms with van der Waals surface area (Å²) >= 11 is 0. The maximum Gasteiger partial charge on any atom is 0.220 e. The van der Waals surface area contributed by atoms with Gasteiger partial charge in [-0.2, -0.15) is 0 Å². The van der Waals surface area contributed by atoms with Crippen molar-refractivity contribution in [2.45, 2.75) is 25.8 Å². The lowest BCUT2D eigenvalue weighted by Crippen LogP contribution is -2.22. The summed E-state index contributed by atoms with van der Waals surface area (Å²) in [7, 11) is 0. The van der Waals surface area contributed by atoms with Crippen LogP contribution in [0, 0.1) is 0 Å². The van der Waals surface area contributed by atoms with E-state index in [1.807, 2.05) is 12.1 Å². The Bertz CT molecular complexity index is 288. The van der Waals surface area contributed by atoms with Gasteiger partial charge in [-0.15, -0.1) is 0 Å². The number of carbonyl (C=O) groups excluding carboxylic acids is 1. The Morgan fingerprint density at radius 2 is 2.33 bits per heavy atom. The molecule has 2 N–H and O–H groups in total. The van der Waals surface area contributed by atoms with E-state index < -0.39 is 0 Å². The first-order chi connectivity index (χ1) is 7.33. The van der Waals surface area contributed by atoms with Crippen molar-refractivity contribution < 1.29 is 9.90 Å². The molecule has 0 aromatic carbocycles. The molecule has 0 aliphatic carbocycles. The molecule has 1 aromatic heterocycles. The summed E-state index contributed by atoms with van der Waals surface area (Å²) in [5.41, 5.74) is 0.994. The second-order valence-corrected chi connectivity index (χ2v) is 3.32. The predicted octanol–water partition coefficient (Wildman–Crippen LogP) is 0.860. The lowest BCUT2D eigenvalue weighted by molar-refractivity contribution is -0.121. The molecule has 1 rings (SSSR count). The van der Waals surface area contributed by atoms with Crippen molar-refractivity contribution in [2.75, 3.05) is 6.61 Å². The van der Waals surface area contributed by atoms with E-state index in [4.69, 9.17) is 5.11 Å². The summed E-state index contributed by atoms with van der Waals surface area (Å²) in [6.45, 7) is 0.668. The molecule has 4 nitrogen and oxygen atoms in total. The molecule has 82 valence electrons. The van der Waals surface area contributed by atoms with Crippen LogP contribution in [-0.4, -0.2) is 22.6 Å². The number of carbonyl (C=O) groups is 1. The number of nitrogens with one attached hydrogen (secondary N) is 1. The number of hydrogen-bond acceptors (Lipinski definition) is 3. The number of hydrogen-bond donors (Lipinski definition) is 2. The third-order valence-corrected chi connectivity index (χ3v) is 2.02. The van der Waals surface area contributed by atoms with E-state index >= 15 is 0 Å². The number of rotatable bonds is 6. The van der Waals surface area contributed by atoms with Gasteiger partial charge in [-0.1, -0.05) is 6.07 Å². The average molecular weight is 208 g/mol. The van der Waals surface area contributed by atoms with Gasteiger partial charge in [0, 0.05) is 32.0 Å². The number of aliphatic hydroxyl groups excluding tert-OH is 1. The first-order valence-electron chi connectivity index (χ1n) is 5.09. The molecule has 0 saturated carbocycles. The van der Waals surface area contributed by atoms with Crippen LogP contribution in [0.4, 0.5) is 0 Å². The zero-order valence-electron chi connectivity index (χ0n) is 8.65. The summed E-state index contributed by atoms with van der Waals surface area (Å²) in [4.78, 5) is 15.2. The minimum absolute atomic E-state index is 0.0207. The van der Waals surface area contributed by atoms with Gasteiger partial charge in [-0.25, -0.2) is 0 Å². The van der Waals surface area contributed by atoms with Crippen molar-refractivity contribution in [1.29, 1.82) is 0 Å². The fourth-order valence-corrected chi connectivity index (χ4v) is 1.19. The second kappa shape index (κ2) is 6.95. The quantitative estimate of drug-likeness (QED) is 0.681. The van der Waals surface area contributed by atoms with Gasteiger partial charge in [0.15, 0.2) is 0 Å². The Morgan fingerprint density at radius 1 is 1.47 bits per heavy atom. The average Bonchev–Trinajstić information content (AvgIpc) is 2.28. The van der Waals surface area contributed by atoms with Crippen molar-refractivity contribution in [3.8, 4) is 0 Å². The molecule has 0 spiro atoms. The normalized spacial score (nSPS) is 9.93. The van der Waals surface area contributed by atoms with Gasteiger partial charge in [-0.05, 0) is 24.5 Å². The fourth-order valence-electron chi connectivity index (χ4n) is 1.19. The van der Waals surface area contributed by atoms with Crippen LogP contribution in [-0.2, 0) is 11.3 Å². The summed E-state index contributed by atoms with van der Waals surface area (Å²) < 4.78 is 0. The van der Waals surface area contributed by atoms with Gasteiger partial charge in [0.25, 0.3) is 0 Å². The first-order valence-corrected chi connectivity index (χ1v) is 5.09. The monoisotopic (exact) mass is 208 g/mol. The lowest BCUT2D eigenvalue weighted by atomic mass is 10.2. The van der Waals surface area contributed by atoms with E-state index in [9.17, 15) is 4.79 Å². The number of amides is 1. The first kappa shape index (κ1) is 11.7. The molecule has 0 aliphatic heterocycles. The van der Waals surface area contributed by atoms with E-state index in [1.165, 1.54) is 0 Å². The molecule has 0 atom stereocenters. The molecule has 15 heavy (non-hydrogen) atoms. The molecule has 0 saturated heterocycles. The molecule has 1 heterocycles. The predicted molar refractivity (Wildman–Crippen MR) is 57.0 cm³/mol. The summed E-state index contributed by atoms with van der Waals surface area (Å²) in [6, 6.07) is 3.76. The Balaban J connectivity index is 2.17. The van der Waals surface area contributed by atoms with Gasteiger partial charge in [-0.3, -0.25) is 9.78 Å². The maximum atomic E-state index is 11.3. The molecule has 1 aromatic rings. The lowest BCUT2D eigenvalue weighted by Gasteiger charge is -2.04. The molecule has 0 unspecified atom stereocenters. The van der Waals surface area contributed by atoms with Crippen LogP contribution in [0.2, 0.25) is 0 Å². The fraction of sp³-hybridized carbons (Fsp3) is 0.455. The Morgan fingerprint density at radius 3 is 3.00 bits per heavy atom. The Labute approximate surface area is 89.3 Å². The van der Waals surface area contributed by atoms with Gasteiger partial charge in [0.05, 0.1) is 0 Å². The molecule has 0 bridgehead atoms. The topological polar surface area (TPSA) is 62.2 Å². The summed E-state index contributed by atoms with van der Waals surface area (Å²) in [5, 5.41) is 11.3. The van der Waals surface area contributed by atoms with Gasteiger partial charge in [0.2, 0.25) is 5.91 Å². The molecule has 0 fully saturated rings. The largest absolute Gasteiger partial charge is 0.396 e. The van der Waals surface area contributed by atoms with E-state index in [2.05, 4.69) is 10.3 Å². The highest BCUT2D eigenvalue weighted by Crippen LogP contribution is 1.97. The highest BCUT2D eigenvalue weighted by atomic mass is 16.2. The van der Waals surface area contributed by atoms with Crippen molar-refractivity contribution in [3.05, 3.63) is 30.1 Å². The minimum atomic E-state index is 0.0207. The third kappa shape index (κ3) is 5.12. The van der Waals surface area contributed by atoms with E-state index in [0.717, 1.165) is 12.0 Å². The summed E-state index contributed by atoms with van der Waals surface area (Å²) in [5.74, 6) is 0.0207. The Hall–Kier alpha value is -1.42. The van der Waals surface area contributed by atoms with Crippen LogP contribution in [0.3, 0.4) is 0 Å². The van der Waals surface area contributed by atoms with Crippen molar-refractivity contribution in [1.82, 2.24) is 10.3 Å². The number of aromatic nitrogens is 1. The number of unbranched alkanes of at least 4 members (excludes halogenated alkanes) is 1. The molecule has 0 radical (unpaired) electrons. The van der Waals surface area contributed by atoms with Crippen molar-refractivity contribution >= 4 is 5.91 Å². The van der Waals surface area contributed by atoms with Crippen LogP contribution in [0.25, 0.3) is 0 Å². The zero-order valence-corrected chi connectivity index (χ0v) is 8.65. The van der Waals surface area contributed by atoms with E-state index in [0.29, 0.717) is 19.4 Å². The molecular formula is C11H16N2O2. The SMILES string of the molecule is O=C(CCCCO)NCc1cccnc1. The zero-order chi connectivity index (χ0) is 10.9. The highest BCUT2D eigenvalue weighted by Gasteiger charge is 2.00. The smallest absolute Gasteiger partial charge is 0.220 e. The standard InChI is InChI=1S/C11H16N2O2/c14-7-2-1-5-11(15)13-9-10-4-3-6-12-8-10/h3-4,6,8,14H,1-2,5,7,9H2,(H,13,15).